The molecule has 3 rings (SSSR count). The Kier molecular flexibility index (Phi) is 4.00. The lowest BCUT2D eigenvalue weighted by Gasteiger charge is -2.06. The molecule has 0 aliphatic rings. The van der Waals surface area contributed by atoms with Crippen molar-refractivity contribution in [2.75, 3.05) is 5.32 Å². The number of anilines is 1. The van der Waals surface area contributed by atoms with Gasteiger partial charge in [0.05, 0.1) is 11.9 Å². The molecule has 0 aliphatic heterocycles. The Hall–Kier alpha value is -2.56. The van der Waals surface area contributed by atoms with Crippen molar-refractivity contribution in [3.8, 4) is 5.82 Å². The van der Waals surface area contributed by atoms with Crippen molar-refractivity contribution < 1.29 is 0 Å². The Morgan fingerprint density at radius 3 is 2.86 bits per heavy atom. The quantitative estimate of drug-likeness (QED) is 0.755. The topological polar surface area (TPSA) is 47.7 Å². The largest absolute Gasteiger partial charge is 0.380 e. The predicted octanol–water partition coefficient (Wildman–Crippen LogP) is 3.09. The minimum atomic E-state index is 0.808. The van der Waals surface area contributed by atoms with Crippen LogP contribution in [0, 0.1) is 0 Å². The second-order valence-corrected chi connectivity index (χ2v) is 4.99. The monoisotopic (exact) mass is 281 g/mol. The summed E-state index contributed by atoms with van der Waals surface area (Å²) in [5.74, 6) is 0.868. The molecule has 0 saturated heterocycles. The van der Waals surface area contributed by atoms with Crippen LogP contribution in [0.25, 0.3) is 5.82 Å². The van der Waals surface area contributed by atoms with Gasteiger partial charge in [0.2, 0.25) is 0 Å². The van der Waals surface area contributed by atoms with E-state index in [0.29, 0.717) is 0 Å². The second kappa shape index (κ2) is 6.26. The maximum atomic E-state index is 4.42. The molecule has 0 bridgehead atoms. The molecule has 0 unspecified atom stereocenters. The maximum Gasteiger partial charge on any atom is 0.137 e. The van der Waals surface area contributed by atoms with Crippen molar-refractivity contribution in [2.24, 2.45) is 0 Å². The number of nitrogens with zero attached hydrogens (tertiary/aromatic N) is 4. The van der Waals surface area contributed by atoms with E-state index in [0.717, 1.165) is 31.0 Å². The molecule has 0 spiro atoms. The van der Waals surface area contributed by atoms with Gasteiger partial charge in [0.25, 0.3) is 0 Å². The minimum Gasteiger partial charge on any atom is -0.380 e. The summed E-state index contributed by atoms with van der Waals surface area (Å²) in [5.41, 5.74) is 2.30. The Morgan fingerprint density at radius 1 is 1.19 bits per heavy atom. The summed E-state index contributed by atoms with van der Waals surface area (Å²) in [6, 6.07) is 6.16. The molecule has 0 fully saturated rings. The second-order valence-electron chi connectivity index (χ2n) is 4.99. The van der Waals surface area contributed by atoms with Gasteiger partial charge in [-0.3, -0.25) is 4.57 Å². The van der Waals surface area contributed by atoms with Gasteiger partial charge in [-0.25, -0.2) is 9.97 Å². The Bertz CT molecular complexity index is 667. The van der Waals surface area contributed by atoms with Crippen LogP contribution in [0.15, 0.2) is 55.5 Å². The maximum absolute atomic E-state index is 4.42. The average molecular weight is 281 g/mol. The highest BCUT2D eigenvalue weighted by molar-refractivity contribution is 5.44. The summed E-state index contributed by atoms with van der Waals surface area (Å²) in [6.07, 6.45) is 12.7. The Labute approximate surface area is 124 Å². The number of rotatable bonds is 6. The minimum absolute atomic E-state index is 0.808. The fourth-order valence-corrected chi connectivity index (χ4v) is 2.23. The fraction of sp³-hybridized carbons (Fsp3) is 0.250. The summed E-state index contributed by atoms with van der Waals surface area (Å²) in [5, 5.41) is 3.39. The van der Waals surface area contributed by atoms with Gasteiger partial charge in [-0.05, 0) is 30.2 Å². The number of pyridine rings is 1. The molecule has 0 amide bonds. The fourth-order valence-electron chi connectivity index (χ4n) is 2.23. The highest BCUT2D eigenvalue weighted by Gasteiger charge is 1.99. The molecule has 0 aliphatic carbocycles. The molecule has 5 nitrogen and oxygen atoms in total. The molecular formula is C16H19N5. The zero-order chi connectivity index (χ0) is 14.5. The first-order valence-electron chi connectivity index (χ1n) is 7.18. The molecule has 1 N–H and O–H groups in total. The van der Waals surface area contributed by atoms with Crippen LogP contribution < -0.4 is 5.32 Å². The van der Waals surface area contributed by atoms with Crippen molar-refractivity contribution >= 4 is 5.69 Å². The van der Waals surface area contributed by atoms with E-state index >= 15 is 0 Å². The first-order valence-corrected chi connectivity index (χ1v) is 7.18. The van der Waals surface area contributed by atoms with Crippen LogP contribution in [0.4, 0.5) is 5.69 Å². The first-order chi connectivity index (χ1) is 10.3. The summed E-state index contributed by atoms with van der Waals surface area (Å²) >= 11 is 0. The van der Waals surface area contributed by atoms with Gasteiger partial charge in [0.1, 0.15) is 12.1 Å². The van der Waals surface area contributed by atoms with Gasteiger partial charge in [0, 0.05) is 37.9 Å². The third-order valence-corrected chi connectivity index (χ3v) is 3.31. The molecule has 5 heteroatoms. The SMILES string of the molecule is CCCn1ccc(CNc2ccc(-n3ccnc3)nc2)c1. The van der Waals surface area contributed by atoms with Gasteiger partial charge in [0.15, 0.2) is 0 Å². The average Bonchev–Trinajstić information content (AvgIpc) is 3.18. The van der Waals surface area contributed by atoms with Crippen molar-refractivity contribution in [3.05, 3.63) is 61.1 Å². The predicted molar refractivity (Wildman–Crippen MR) is 83.4 cm³/mol. The molecule has 3 heterocycles. The normalized spacial score (nSPS) is 10.7. The number of imidazole rings is 1. The molecule has 0 radical (unpaired) electrons. The van der Waals surface area contributed by atoms with Crippen molar-refractivity contribution in [1.82, 2.24) is 19.1 Å². The van der Waals surface area contributed by atoms with Crippen LogP contribution in [0.5, 0.6) is 0 Å². The van der Waals surface area contributed by atoms with E-state index in [1.54, 1.807) is 12.5 Å². The van der Waals surface area contributed by atoms with Crippen LogP contribution in [0.3, 0.4) is 0 Å². The highest BCUT2D eigenvalue weighted by atomic mass is 15.1. The van der Waals surface area contributed by atoms with E-state index in [2.05, 4.69) is 45.2 Å². The zero-order valence-electron chi connectivity index (χ0n) is 12.1. The van der Waals surface area contributed by atoms with Crippen LogP contribution in [0.1, 0.15) is 18.9 Å². The summed E-state index contributed by atoms with van der Waals surface area (Å²) in [4.78, 5) is 8.44. The molecular weight excluding hydrogens is 262 g/mol. The number of nitrogens with one attached hydrogen (secondary N) is 1. The number of aromatic nitrogens is 4. The molecule has 0 atom stereocenters. The van der Waals surface area contributed by atoms with Gasteiger partial charge >= 0.3 is 0 Å². The van der Waals surface area contributed by atoms with Crippen LogP contribution in [-0.2, 0) is 13.1 Å². The van der Waals surface area contributed by atoms with Gasteiger partial charge in [-0.2, -0.15) is 0 Å². The lowest BCUT2D eigenvalue weighted by Crippen LogP contribution is -2.01. The molecule has 0 aromatic carbocycles. The van der Waals surface area contributed by atoms with Gasteiger partial charge in [-0.1, -0.05) is 6.92 Å². The molecule has 0 saturated carbocycles. The number of hydrogen-bond donors (Lipinski definition) is 1. The highest BCUT2D eigenvalue weighted by Crippen LogP contribution is 2.11. The van der Waals surface area contributed by atoms with Gasteiger partial charge in [-0.15, -0.1) is 0 Å². The Morgan fingerprint density at radius 2 is 2.14 bits per heavy atom. The summed E-state index contributed by atoms with van der Waals surface area (Å²) in [6.45, 7) is 4.06. The van der Waals surface area contributed by atoms with Crippen LogP contribution in [-0.4, -0.2) is 19.1 Å². The zero-order valence-corrected chi connectivity index (χ0v) is 12.1. The summed E-state index contributed by atoms with van der Waals surface area (Å²) < 4.78 is 4.10. The smallest absolute Gasteiger partial charge is 0.137 e. The van der Waals surface area contributed by atoms with Crippen LogP contribution in [0.2, 0.25) is 0 Å². The van der Waals surface area contributed by atoms with Crippen molar-refractivity contribution in [3.63, 3.8) is 0 Å². The van der Waals surface area contributed by atoms with E-state index < -0.39 is 0 Å². The third kappa shape index (κ3) is 3.31. The Balaban J connectivity index is 1.60. The molecule has 3 aromatic heterocycles. The molecule has 21 heavy (non-hydrogen) atoms. The lowest BCUT2D eigenvalue weighted by atomic mass is 10.3. The summed E-state index contributed by atoms with van der Waals surface area (Å²) in [7, 11) is 0. The molecule has 108 valence electrons. The molecule has 3 aromatic rings. The number of aryl methyl sites for hydroxylation is 1. The van der Waals surface area contributed by atoms with Crippen molar-refractivity contribution in [1.29, 1.82) is 0 Å². The van der Waals surface area contributed by atoms with E-state index in [1.165, 1.54) is 5.56 Å². The van der Waals surface area contributed by atoms with Gasteiger partial charge < -0.3 is 9.88 Å². The van der Waals surface area contributed by atoms with E-state index in [4.69, 9.17) is 0 Å². The van der Waals surface area contributed by atoms with Crippen LogP contribution >= 0.6 is 0 Å². The van der Waals surface area contributed by atoms with E-state index in [-0.39, 0.29) is 0 Å². The van der Waals surface area contributed by atoms with E-state index in [1.807, 2.05) is 29.1 Å². The van der Waals surface area contributed by atoms with E-state index in [9.17, 15) is 0 Å². The standard InChI is InChI=1S/C16H19N5/c1-2-7-20-8-5-14(12-20)10-18-15-3-4-16(19-11-15)21-9-6-17-13-21/h3-6,8-9,11-13,18H,2,7,10H2,1H3. The third-order valence-electron chi connectivity index (χ3n) is 3.31. The first kappa shape index (κ1) is 13.4. The number of hydrogen-bond acceptors (Lipinski definition) is 3. The lowest BCUT2D eigenvalue weighted by molar-refractivity contribution is 0.681. The van der Waals surface area contributed by atoms with Crippen molar-refractivity contribution in [2.45, 2.75) is 26.4 Å².